The molecular weight excluding hydrogens is 203 g/mol. The van der Waals surface area contributed by atoms with Gasteiger partial charge in [-0.05, 0) is 18.6 Å². The Kier molecular flexibility index (Phi) is 3.26. The molecule has 5 heteroatoms. The van der Waals surface area contributed by atoms with Gasteiger partial charge in [0.15, 0.2) is 6.10 Å². The highest BCUT2D eigenvalue weighted by molar-refractivity contribution is 5.77. The first-order valence-electron chi connectivity index (χ1n) is 4.23. The van der Waals surface area contributed by atoms with E-state index in [9.17, 15) is 19.4 Å². The van der Waals surface area contributed by atoms with E-state index in [1.165, 1.54) is 13.0 Å². The summed E-state index contributed by atoms with van der Waals surface area (Å²) in [6.07, 6.45) is -1.81. The number of aliphatic hydroxyl groups is 1. The van der Waals surface area contributed by atoms with Gasteiger partial charge in [0, 0.05) is 0 Å². The molecule has 0 heterocycles. The summed E-state index contributed by atoms with van der Waals surface area (Å²) in [5.41, 5.74) is -0.0868. The summed E-state index contributed by atoms with van der Waals surface area (Å²) < 4.78 is 17.5. The molecule has 0 aromatic heterocycles. The summed E-state index contributed by atoms with van der Waals surface area (Å²) >= 11 is 0. The molecule has 4 nitrogen and oxygen atoms in total. The van der Waals surface area contributed by atoms with Crippen molar-refractivity contribution in [3.05, 3.63) is 29.1 Å². The molecule has 0 amide bonds. The number of aromatic hydroxyl groups is 1. The highest BCUT2D eigenvalue weighted by Gasteiger charge is 2.25. The molecule has 0 radical (unpaired) electrons. The number of ether oxygens (including phenoxy) is 1. The first-order valence-corrected chi connectivity index (χ1v) is 4.23. The second-order valence-electron chi connectivity index (χ2n) is 3.05. The van der Waals surface area contributed by atoms with E-state index in [2.05, 4.69) is 4.74 Å². The van der Waals surface area contributed by atoms with E-state index in [0.717, 1.165) is 13.2 Å². The molecule has 1 rings (SSSR count). The Morgan fingerprint density at radius 2 is 2.13 bits per heavy atom. The smallest absolute Gasteiger partial charge is 0.339 e. The van der Waals surface area contributed by atoms with Crippen LogP contribution in [-0.4, -0.2) is 23.3 Å². The van der Waals surface area contributed by atoms with Crippen molar-refractivity contribution in [3.63, 3.8) is 0 Å². The zero-order chi connectivity index (χ0) is 11.6. The monoisotopic (exact) mass is 214 g/mol. The fourth-order valence-electron chi connectivity index (χ4n) is 1.18. The number of phenolic OH excluding ortho intramolecular Hbond substituents is 1. The van der Waals surface area contributed by atoms with Gasteiger partial charge in [-0.3, -0.25) is 0 Å². The maximum atomic E-state index is 13.2. The number of carbonyl (C=O) groups excluding carboxylic acids is 1. The van der Waals surface area contributed by atoms with Crippen LogP contribution in [0.3, 0.4) is 0 Å². The third-order valence-corrected chi connectivity index (χ3v) is 2.06. The number of hydrogen-bond acceptors (Lipinski definition) is 4. The van der Waals surface area contributed by atoms with Gasteiger partial charge in [-0.25, -0.2) is 9.18 Å². The molecule has 0 fully saturated rings. The third-order valence-electron chi connectivity index (χ3n) is 2.06. The van der Waals surface area contributed by atoms with Crippen molar-refractivity contribution < 1.29 is 24.1 Å². The van der Waals surface area contributed by atoms with Crippen molar-refractivity contribution in [1.29, 1.82) is 0 Å². The van der Waals surface area contributed by atoms with E-state index in [4.69, 9.17) is 0 Å². The standard InChI is InChI=1S/C10H11FO4/c1-5-3-4-6(11)7(8(5)12)9(13)10(14)15-2/h3-4,9,12-13H,1-2H3. The van der Waals surface area contributed by atoms with Crippen molar-refractivity contribution in [2.45, 2.75) is 13.0 Å². The number of methoxy groups -OCH3 is 1. The summed E-state index contributed by atoms with van der Waals surface area (Å²) in [6.45, 7) is 1.53. The quantitative estimate of drug-likeness (QED) is 0.722. The highest BCUT2D eigenvalue weighted by Crippen LogP contribution is 2.30. The van der Waals surface area contributed by atoms with Crippen LogP contribution < -0.4 is 0 Å². The van der Waals surface area contributed by atoms with Crippen molar-refractivity contribution in [1.82, 2.24) is 0 Å². The van der Waals surface area contributed by atoms with Crippen molar-refractivity contribution in [2.24, 2.45) is 0 Å². The van der Waals surface area contributed by atoms with E-state index < -0.39 is 29.2 Å². The van der Waals surface area contributed by atoms with Crippen LogP contribution in [0.1, 0.15) is 17.2 Å². The first kappa shape index (κ1) is 11.5. The highest BCUT2D eigenvalue weighted by atomic mass is 19.1. The number of benzene rings is 1. The average molecular weight is 214 g/mol. The summed E-state index contributed by atoms with van der Waals surface area (Å²) in [7, 11) is 1.07. The molecule has 82 valence electrons. The fourth-order valence-corrected chi connectivity index (χ4v) is 1.18. The minimum atomic E-state index is -1.81. The lowest BCUT2D eigenvalue weighted by atomic mass is 10.0. The van der Waals surface area contributed by atoms with Gasteiger partial charge in [-0.1, -0.05) is 6.07 Å². The van der Waals surface area contributed by atoms with Crippen LogP contribution in [0, 0.1) is 12.7 Å². The molecule has 0 aliphatic rings. The normalized spacial score (nSPS) is 12.3. The van der Waals surface area contributed by atoms with Gasteiger partial charge in [-0.2, -0.15) is 0 Å². The summed E-state index contributed by atoms with van der Waals surface area (Å²) in [4.78, 5) is 11.0. The number of carbonyl (C=O) groups is 1. The topological polar surface area (TPSA) is 66.8 Å². The predicted molar refractivity (Wildman–Crippen MR) is 49.8 cm³/mol. The largest absolute Gasteiger partial charge is 0.507 e. The number of esters is 1. The Morgan fingerprint density at radius 3 is 2.67 bits per heavy atom. The maximum absolute atomic E-state index is 13.2. The SMILES string of the molecule is COC(=O)C(O)c1c(F)ccc(C)c1O. The zero-order valence-corrected chi connectivity index (χ0v) is 8.32. The van der Waals surface area contributed by atoms with Crippen LogP contribution in [0.25, 0.3) is 0 Å². The molecule has 2 N–H and O–H groups in total. The molecule has 1 atom stereocenters. The second-order valence-corrected chi connectivity index (χ2v) is 3.05. The molecule has 0 aliphatic carbocycles. The second kappa shape index (κ2) is 4.27. The summed E-state index contributed by atoms with van der Waals surface area (Å²) in [5, 5.41) is 18.9. The molecular formula is C10H11FO4. The Bertz CT molecular complexity index is 389. The van der Waals surface area contributed by atoms with Crippen LogP contribution >= 0.6 is 0 Å². The van der Waals surface area contributed by atoms with Gasteiger partial charge < -0.3 is 14.9 Å². The van der Waals surface area contributed by atoms with E-state index in [1.807, 2.05) is 0 Å². The van der Waals surface area contributed by atoms with E-state index in [-0.39, 0.29) is 0 Å². The number of phenols is 1. The van der Waals surface area contributed by atoms with Crippen LogP contribution in [0.4, 0.5) is 4.39 Å². The Labute approximate surface area is 85.9 Å². The molecule has 15 heavy (non-hydrogen) atoms. The fraction of sp³-hybridized carbons (Fsp3) is 0.300. The summed E-state index contributed by atoms with van der Waals surface area (Å²) in [5.74, 6) is -2.31. The first-order chi connectivity index (χ1) is 6.99. The number of aryl methyl sites for hydroxylation is 1. The van der Waals surface area contributed by atoms with E-state index in [0.29, 0.717) is 5.56 Å². The zero-order valence-electron chi connectivity index (χ0n) is 8.32. The average Bonchev–Trinajstić information content (AvgIpc) is 2.22. The molecule has 0 spiro atoms. The molecule has 1 aromatic carbocycles. The van der Waals surface area contributed by atoms with E-state index >= 15 is 0 Å². The molecule has 0 saturated heterocycles. The third kappa shape index (κ3) is 2.07. The lowest BCUT2D eigenvalue weighted by Gasteiger charge is -2.12. The molecule has 1 unspecified atom stereocenters. The van der Waals surface area contributed by atoms with Crippen LogP contribution in [0.2, 0.25) is 0 Å². The van der Waals surface area contributed by atoms with Gasteiger partial charge in [-0.15, -0.1) is 0 Å². The van der Waals surface area contributed by atoms with Gasteiger partial charge in [0.2, 0.25) is 0 Å². The Hall–Kier alpha value is -1.62. The number of rotatable bonds is 2. The number of hydrogen-bond donors (Lipinski definition) is 2. The predicted octanol–water partition coefficient (Wildman–Crippen LogP) is 1.05. The van der Waals surface area contributed by atoms with Crippen molar-refractivity contribution >= 4 is 5.97 Å². The van der Waals surface area contributed by atoms with Gasteiger partial charge in [0.25, 0.3) is 0 Å². The maximum Gasteiger partial charge on any atom is 0.339 e. The Morgan fingerprint density at radius 1 is 1.53 bits per heavy atom. The van der Waals surface area contributed by atoms with Gasteiger partial charge in [0.1, 0.15) is 11.6 Å². The molecule has 0 aliphatic heterocycles. The lowest BCUT2D eigenvalue weighted by molar-refractivity contribution is -0.151. The molecule has 0 saturated carbocycles. The van der Waals surface area contributed by atoms with Gasteiger partial charge in [0.05, 0.1) is 12.7 Å². The van der Waals surface area contributed by atoms with Crippen LogP contribution in [-0.2, 0) is 9.53 Å². The van der Waals surface area contributed by atoms with Crippen molar-refractivity contribution in [3.8, 4) is 5.75 Å². The minimum Gasteiger partial charge on any atom is -0.507 e. The van der Waals surface area contributed by atoms with Gasteiger partial charge >= 0.3 is 5.97 Å². The minimum absolute atomic E-state index is 0.370. The van der Waals surface area contributed by atoms with E-state index in [1.54, 1.807) is 0 Å². The number of halogens is 1. The molecule has 0 bridgehead atoms. The number of aliphatic hydroxyl groups excluding tert-OH is 1. The Balaban J connectivity index is 3.24. The van der Waals surface area contributed by atoms with Crippen molar-refractivity contribution in [2.75, 3.05) is 7.11 Å². The molecule has 1 aromatic rings. The van der Waals surface area contributed by atoms with Crippen LogP contribution in [0.15, 0.2) is 12.1 Å². The summed E-state index contributed by atoms with van der Waals surface area (Å²) in [6, 6.07) is 2.41. The lowest BCUT2D eigenvalue weighted by Crippen LogP contribution is -2.15. The van der Waals surface area contributed by atoms with Crippen LogP contribution in [0.5, 0.6) is 5.75 Å².